The van der Waals surface area contributed by atoms with E-state index in [1.165, 1.54) is 29.1 Å². The summed E-state index contributed by atoms with van der Waals surface area (Å²) in [6, 6.07) is 13.0. The highest BCUT2D eigenvalue weighted by Gasteiger charge is 2.26. The van der Waals surface area contributed by atoms with Crippen LogP contribution in [0.4, 0.5) is 11.4 Å². The van der Waals surface area contributed by atoms with Gasteiger partial charge in [0, 0.05) is 44.1 Å². The number of nitrogens with zero attached hydrogens (tertiary/aromatic N) is 3. The van der Waals surface area contributed by atoms with Gasteiger partial charge in [0.25, 0.3) is 5.91 Å². The highest BCUT2D eigenvalue weighted by atomic mass is 32.2. The third-order valence-electron chi connectivity index (χ3n) is 7.04. The van der Waals surface area contributed by atoms with Crippen molar-refractivity contribution < 1.29 is 13.2 Å². The Hall–Kier alpha value is -2.42. The predicted molar refractivity (Wildman–Crippen MR) is 142 cm³/mol. The molecule has 2 aromatic carbocycles. The standard InChI is InChI=1S/C27H38N4O3S/c1-3-31(4-2)35(33,34)24-13-14-26(30-17-8-9-18-30)25(20-24)27(32)28-23-12-10-11-22(19-23)21-29-15-6-5-7-16-29/h10-14,19-20H,3-9,15-18,21H2,1-2H3,(H,28,32). The van der Waals surface area contributed by atoms with E-state index in [1.807, 2.05) is 32.0 Å². The molecule has 4 rings (SSSR count). The molecule has 35 heavy (non-hydrogen) atoms. The molecule has 1 amide bonds. The monoisotopic (exact) mass is 498 g/mol. The predicted octanol–water partition coefficient (Wildman–Crippen LogP) is 4.56. The first-order valence-corrected chi connectivity index (χ1v) is 14.4. The van der Waals surface area contributed by atoms with Crippen molar-refractivity contribution in [2.45, 2.75) is 57.4 Å². The largest absolute Gasteiger partial charge is 0.371 e. The summed E-state index contributed by atoms with van der Waals surface area (Å²) < 4.78 is 27.8. The molecule has 7 nitrogen and oxygen atoms in total. The SMILES string of the molecule is CCN(CC)S(=O)(=O)c1ccc(N2CCCC2)c(C(=O)Nc2cccc(CN3CCCCC3)c2)c1. The lowest BCUT2D eigenvalue weighted by molar-refractivity contribution is 0.102. The second-order valence-corrected chi connectivity index (χ2v) is 11.4. The van der Waals surface area contributed by atoms with Crippen molar-refractivity contribution in [1.29, 1.82) is 0 Å². The molecule has 0 aromatic heterocycles. The number of sulfonamides is 1. The van der Waals surface area contributed by atoms with Crippen LogP contribution in [0.25, 0.3) is 0 Å². The topological polar surface area (TPSA) is 73.0 Å². The number of carbonyl (C=O) groups excluding carboxylic acids is 1. The Morgan fingerprint density at radius 1 is 0.914 bits per heavy atom. The Bertz CT molecular complexity index is 1120. The molecule has 0 spiro atoms. The van der Waals surface area contributed by atoms with E-state index in [9.17, 15) is 13.2 Å². The van der Waals surface area contributed by atoms with Crippen LogP contribution in [0.2, 0.25) is 0 Å². The molecule has 2 fully saturated rings. The van der Waals surface area contributed by atoms with Crippen LogP contribution in [0.1, 0.15) is 61.9 Å². The zero-order valence-corrected chi connectivity index (χ0v) is 21.8. The van der Waals surface area contributed by atoms with E-state index < -0.39 is 10.0 Å². The Labute approximate surface area is 210 Å². The van der Waals surface area contributed by atoms with E-state index in [2.05, 4.69) is 21.2 Å². The van der Waals surface area contributed by atoms with E-state index in [0.29, 0.717) is 18.7 Å². The number of likely N-dealkylation sites (tertiary alicyclic amines) is 1. The van der Waals surface area contributed by atoms with Gasteiger partial charge in [-0.2, -0.15) is 4.31 Å². The number of nitrogens with one attached hydrogen (secondary N) is 1. The van der Waals surface area contributed by atoms with Crippen LogP contribution in [0.15, 0.2) is 47.4 Å². The lowest BCUT2D eigenvalue weighted by Gasteiger charge is -2.26. The first-order valence-electron chi connectivity index (χ1n) is 12.9. The molecular formula is C27H38N4O3S. The molecule has 0 aliphatic carbocycles. The third kappa shape index (κ3) is 6.05. The lowest BCUT2D eigenvalue weighted by atomic mass is 10.1. The summed E-state index contributed by atoms with van der Waals surface area (Å²) in [5, 5.41) is 3.04. The van der Waals surface area contributed by atoms with Gasteiger partial charge in [-0.1, -0.05) is 32.4 Å². The number of hydrogen-bond acceptors (Lipinski definition) is 5. The van der Waals surface area contributed by atoms with Crippen molar-refractivity contribution in [3.8, 4) is 0 Å². The molecule has 2 aromatic rings. The lowest BCUT2D eigenvalue weighted by Crippen LogP contribution is -2.31. The van der Waals surface area contributed by atoms with Crippen LogP contribution in [0, 0.1) is 0 Å². The molecule has 0 radical (unpaired) electrons. The minimum Gasteiger partial charge on any atom is -0.371 e. The van der Waals surface area contributed by atoms with E-state index in [4.69, 9.17) is 0 Å². The molecule has 2 aliphatic heterocycles. The molecule has 0 atom stereocenters. The number of piperidine rings is 1. The Kier molecular flexibility index (Phi) is 8.46. The van der Waals surface area contributed by atoms with Gasteiger partial charge < -0.3 is 10.2 Å². The first kappa shape index (κ1) is 25.7. The van der Waals surface area contributed by atoms with Gasteiger partial charge in [-0.05, 0) is 74.7 Å². The molecule has 2 saturated heterocycles. The molecule has 0 saturated carbocycles. The Balaban J connectivity index is 1.60. The summed E-state index contributed by atoms with van der Waals surface area (Å²) in [6.07, 6.45) is 5.91. The maximum absolute atomic E-state index is 13.5. The maximum Gasteiger partial charge on any atom is 0.257 e. The molecule has 0 unspecified atom stereocenters. The van der Waals surface area contributed by atoms with E-state index in [-0.39, 0.29) is 10.8 Å². The number of anilines is 2. The van der Waals surface area contributed by atoms with Crippen LogP contribution in [-0.2, 0) is 16.6 Å². The average molecular weight is 499 g/mol. The smallest absolute Gasteiger partial charge is 0.257 e. The van der Waals surface area contributed by atoms with Gasteiger partial charge in [0.05, 0.1) is 10.5 Å². The van der Waals surface area contributed by atoms with E-state index >= 15 is 0 Å². The van der Waals surface area contributed by atoms with Crippen molar-refractivity contribution >= 4 is 27.3 Å². The third-order valence-corrected chi connectivity index (χ3v) is 9.09. The summed E-state index contributed by atoms with van der Waals surface area (Å²) in [5.74, 6) is -0.279. The number of benzene rings is 2. The maximum atomic E-state index is 13.5. The van der Waals surface area contributed by atoms with Crippen LogP contribution in [0.5, 0.6) is 0 Å². The molecule has 8 heteroatoms. The van der Waals surface area contributed by atoms with Crippen LogP contribution < -0.4 is 10.2 Å². The van der Waals surface area contributed by atoms with Crippen molar-refractivity contribution in [3.63, 3.8) is 0 Å². The minimum absolute atomic E-state index is 0.160. The van der Waals surface area contributed by atoms with E-state index in [1.54, 1.807) is 18.2 Å². The summed E-state index contributed by atoms with van der Waals surface area (Å²) in [4.78, 5) is 18.3. The van der Waals surface area contributed by atoms with Gasteiger partial charge in [0.15, 0.2) is 0 Å². The van der Waals surface area contributed by atoms with Crippen molar-refractivity contribution in [2.75, 3.05) is 49.5 Å². The molecule has 2 aliphatic rings. The van der Waals surface area contributed by atoms with Crippen LogP contribution in [-0.4, -0.2) is 62.8 Å². The summed E-state index contributed by atoms with van der Waals surface area (Å²) in [6.45, 7) is 9.26. The number of rotatable bonds is 9. The number of hydrogen-bond donors (Lipinski definition) is 1. The summed E-state index contributed by atoms with van der Waals surface area (Å²) in [7, 11) is -3.66. The van der Waals surface area contributed by atoms with Gasteiger partial charge in [0.2, 0.25) is 10.0 Å². The molecule has 0 bridgehead atoms. The van der Waals surface area contributed by atoms with Crippen LogP contribution >= 0.6 is 0 Å². The second kappa shape index (κ2) is 11.5. The fourth-order valence-corrected chi connectivity index (χ4v) is 6.61. The minimum atomic E-state index is -3.66. The van der Waals surface area contributed by atoms with Crippen molar-refractivity contribution in [2.24, 2.45) is 0 Å². The fourth-order valence-electron chi connectivity index (χ4n) is 5.13. The highest BCUT2D eigenvalue weighted by molar-refractivity contribution is 7.89. The van der Waals surface area contributed by atoms with Gasteiger partial charge >= 0.3 is 0 Å². The van der Waals surface area contributed by atoms with Gasteiger partial charge in [-0.25, -0.2) is 8.42 Å². The zero-order valence-electron chi connectivity index (χ0n) is 21.0. The van der Waals surface area contributed by atoms with E-state index in [0.717, 1.165) is 56.9 Å². The van der Waals surface area contributed by atoms with Gasteiger partial charge in [-0.15, -0.1) is 0 Å². The summed E-state index contributed by atoms with van der Waals surface area (Å²) in [5.41, 5.74) is 3.10. The van der Waals surface area contributed by atoms with Gasteiger partial charge in [-0.3, -0.25) is 9.69 Å². The fraction of sp³-hybridized carbons (Fsp3) is 0.519. The quantitative estimate of drug-likeness (QED) is 0.549. The Morgan fingerprint density at radius 2 is 1.60 bits per heavy atom. The van der Waals surface area contributed by atoms with Gasteiger partial charge in [0.1, 0.15) is 0 Å². The van der Waals surface area contributed by atoms with Crippen molar-refractivity contribution in [3.05, 3.63) is 53.6 Å². The van der Waals surface area contributed by atoms with Crippen molar-refractivity contribution in [1.82, 2.24) is 9.21 Å². The molecule has 2 heterocycles. The number of carbonyl (C=O) groups is 1. The zero-order chi connectivity index (χ0) is 24.8. The second-order valence-electron chi connectivity index (χ2n) is 9.45. The van der Waals surface area contributed by atoms with Crippen LogP contribution in [0.3, 0.4) is 0 Å². The molecule has 190 valence electrons. The Morgan fingerprint density at radius 3 is 2.29 bits per heavy atom. The number of amides is 1. The highest BCUT2D eigenvalue weighted by Crippen LogP contribution is 2.29. The molecular weight excluding hydrogens is 460 g/mol. The summed E-state index contributed by atoms with van der Waals surface area (Å²) >= 11 is 0. The molecule has 1 N–H and O–H groups in total. The first-order chi connectivity index (χ1) is 16.9. The normalized spacial score (nSPS) is 17.2. The average Bonchev–Trinajstić information content (AvgIpc) is 3.40.